The van der Waals surface area contributed by atoms with Crippen LogP contribution in [0.3, 0.4) is 0 Å². The third kappa shape index (κ3) is 2.72. The van der Waals surface area contributed by atoms with Crippen LogP contribution in [0.4, 0.5) is 5.69 Å². The van der Waals surface area contributed by atoms with Crippen molar-refractivity contribution < 1.29 is 4.79 Å². The highest BCUT2D eigenvalue weighted by Gasteiger charge is 2.12. The summed E-state index contributed by atoms with van der Waals surface area (Å²) in [4.78, 5) is 16.0. The van der Waals surface area contributed by atoms with Crippen LogP contribution < -0.4 is 5.32 Å². The van der Waals surface area contributed by atoms with E-state index in [1.54, 1.807) is 11.0 Å². The Morgan fingerprint density at radius 3 is 2.91 bits per heavy atom. The smallest absolute Gasteiger partial charge is 0.226 e. The molecule has 0 saturated heterocycles. The van der Waals surface area contributed by atoms with Crippen molar-refractivity contribution in [2.45, 2.75) is 26.3 Å². The summed E-state index contributed by atoms with van der Waals surface area (Å²) >= 11 is 0. The van der Waals surface area contributed by atoms with Crippen molar-refractivity contribution in [3.63, 3.8) is 0 Å². The molecule has 1 aromatic carbocycles. The zero-order valence-electron chi connectivity index (χ0n) is 12.9. The van der Waals surface area contributed by atoms with E-state index in [0.717, 1.165) is 16.6 Å². The van der Waals surface area contributed by atoms with Gasteiger partial charge >= 0.3 is 0 Å². The number of hydrogen-bond acceptors (Lipinski definition) is 3. The van der Waals surface area contributed by atoms with Crippen LogP contribution in [0.2, 0.25) is 0 Å². The second-order valence-corrected chi connectivity index (χ2v) is 5.60. The molecule has 114 valence electrons. The first-order valence-corrected chi connectivity index (χ1v) is 7.24. The van der Waals surface area contributed by atoms with E-state index in [9.17, 15) is 4.79 Å². The van der Waals surface area contributed by atoms with E-state index in [1.807, 2.05) is 32.2 Å². The number of carbonyl (C=O) groups excluding carboxylic acids is 1. The Balaban J connectivity index is 1.71. The standard InChI is InChI=1S/C16H19N5O/c1-11-6-13-8-14(4-5-15(13)20(11)3)19-16(22)7-12(2)21-10-17-9-18-21/h4-6,8-10,12H,7H2,1-3H3,(H,19,22). The topological polar surface area (TPSA) is 64.7 Å². The molecule has 2 heterocycles. The molecule has 0 radical (unpaired) electrons. The van der Waals surface area contributed by atoms with Crippen LogP contribution in [-0.2, 0) is 11.8 Å². The summed E-state index contributed by atoms with van der Waals surface area (Å²) in [6.45, 7) is 4.01. The minimum Gasteiger partial charge on any atom is -0.348 e. The molecule has 0 bridgehead atoms. The van der Waals surface area contributed by atoms with Gasteiger partial charge in [0.15, 0.2) is 0 Å². The maximum absolute atomic E-state index is 12.1. The Labute approximate surface area is 128 Å². The summed E-state index contributed by atoms with van der Waals surface area (Å²) < 4.78 is 3.82. The first-order chi connectivity index (χ1) is 10.5. The molecule has 0 aliphatic rings. The van der Waals surface area contributed by atoms with Crippen LogP contribution in [0.1, 0.15) is 25.1 Å². The second-order valence-electron chi connectivity index (χ2n) is 5.60. The highest BCUT2D eigenvalue weighted by Crippen LogP contribution is 2.22. The SMILES string of the molecule is Cc1cc2cc(NC(=O)CC(C)n3cncn3)ccc2n1C. The molecule has 0 fully saturated rings. The van der Waals surface area contributed by atoms with Crippen molar-refractivity contribution in [1.29, 1.82) is 0 Å². The number of carbonyl (C=O) groups is 1. The zero-order chi connectivity index (χ0) is 15.7. The molecule has 1 N–H and O–H groups in total. The van der Waals surface area contributed by atoms with Gasteiger partial charge in [0.2, 0.25) is 5.91 Å². The third-order valence-electron chi connectivity index (χ3n) is 3.94. The number of hydrogen-bond donors (Lipinski definition) is 1. The van der Waals surface area contributed by atoms with E-state index in [2.05, 4.69) is 33.0 Å². The monoisotopic (exact) mass is 297 g/mol. The number of benzene rings is 1. The summed E-state index contributed by atoms with van der Waals surface area (Å²) in [6.07, 6.45) is 3.45. The predicted octanol–water partition coefficient (Wildman–Crippen LogP) is 2.67. The van der Waals surface area contributed by atoms with Gasteiger partial charge in [0, 0.05) is 35.8 Å². The molecule has 1 atom stereocenters. The van der Waals surface area contributed by atoms with Gasteiger partial charge in [-0.2, -0.15) is 5.10 Å². The number of rotatable bonds is 4. The lowest BCUT2D eigenvalue weighted by Crippen LogP contribution is -2.17. The maximum Gasteiger partial charge on any atom is 0.226 e. The number of anilines is 1. The Kier molecular flexibility index (Phi) is 3.66. The van der Waals surface area contributed by atoms with Crippen molar-refractivity contribution in [1.82, 2.24) is 19.3 Å². The van der Waals surface area contributed by atoms with Gasteiger partial charge in [0.25, 0.3) is 0 Å². The fraction of sp³-hybridized carbons (Fsp3) is 0.312. The van der Waals surface area contributed by atoms with Gasteiger partial charge in [-0.15, -0.1) is 0 Å². The van der Waals surface area contributed by atoms with Crippen LogP contribution in [0.25, 0.3) is 10.9 Å². The minimum absolute atomic E-state index is 0.0230. The Bertz CT molecular complexity index is 803. The summed E-state index contributed by atoms with van der Waals surface area (Å²) in [5.41, 5.74) is 3.17. The van der Waals surface area contributed by atoms with Crippen molar-refractivity contribution >= 4 is 22.5 Å². The minimum atomic E-state index is -0.0324. The molecular weight excluding hydrogens is 278 g/mol. The Morgan fingerprint density at radius 2 is 2.18 bits per heavy atom. The van der Waals surface area contributed by atoms with Crippen LogP contribution >= 0.6 is 0 Å². The van der Waals surface area contributed by atoms with Gasteiger partial charge in [-0.05, 0) is 38.1 Å². The number of nitrogens with zero attached hydrogens (tertiary/aromatic N) is 4. The number of aryl methyl sites for hydroxylation is 2. The Morgan fingerprint density at radius 1 is 1.36 bits per heavy atom. The van der Waals surface area contributed by atoms with Crippen molar-refractivity contribution in [2.75, 3.05) is 5.32 Å². The largest absolute Gasteiger partial charge is 0.348 e. The number of fused-ring (bicyclic) bond motifs is 1. The third-order valence-corrected chi connectivity index (χ3v) is 3.94. The average molecular weight is 297 g/mol. The maximum atomic E-state index is 12.1. The van der Waals surface area contributed by atoms with Gasteiger partial charge in [-0.25, -0.2) is 9.67 Å². The summed E-state index contributed by atoms with van der Waals surface area (Å²) in [5, 5.41) is 8.13. The van der Waals surface area contributed by atoms with Crippen molar-refractivity contribution in [3.8, 4) is 0 Å². The number of nitrogens with one attached hydrogen (secondary N) is 1. The molecule has 0 aliphatic carbocycles. The second kappa shape index (κ2) is 5.63. The van der Waals surface area contributed by atoms with E-state index in [1.165, 1.54) is 12.0 Å². The first-order valence-electron chi connectivity index (χ1n) is 7.24. The number of aromatic nitrogens is 4. The molecule has 6 nitrogen and oxygen atoms in total. The first kappa shape index (κ1) is 14.3. The zero-order valence-corrected chi connectivity index (χ0v) is 12.9. The lowest BCUT2D eigenvalue weighted by atomic mass is 10.2. The lowest BCUT2D eigenvalue weighted by molar-refractivity contribution is -0.116. The molecule has 3 rings (SSSR count). The molecule has 3 aromatic rings. The quantitative estimate of drug-likeness (QED) is 0.805. The van der Waals surface area contributed by atoms with Crippen LogP contribution in [-0.4, -0.2) is 25.2 Å². The average Bonchev–Trinajstić information content (AvgIpc) is 3.08. The summed E-state index contributed by atoms with van der Waals surface area (Å²) in [5.74, 6) is -0.0324. The van der Waals surface area contributed by atoms with Gasteiger partial charge in [0.05, 0.1) is 6.04 Å². The highest BCUT2D eigenvalue weighted by atomic mass is 16.1. The molecule has 2 aromatic heterocycles. The van der Waals surface area contributed by atoms with Gasteiger partial charge in [0.1, 0.15) is 12.7 Å². The number of amides is 1. The molecule has 0 aliphatic heterocycles. The van der Waals surface area contributed by atoms with E-state index in [0.29, 0.717) is 6.42 Å². The van der Waals surface area contributed by atoms with E-state index >= 15 is 0 Å². The molecular formula is C16H19N5O. The summed E-state index contributed by atoms with van der Waals surface area (Å²) in [7, 11) is 2.04. The van der Waals surface area contributed by atoms with Gasteiger partial charge in [-0.1, -0.05) is 0 Å². The molecule has 1 unspecified atom stereocenters. The van der Waals surface area contributed by atoms with Crippen LogP contribution in [0.5, 0.6) is 0 Å². The highest BCUT2D eigenvalue weighted by molar-refractivity contribution is 5.94. The van der Waals surface area contributed by atoms with E-state index < -0.39 is 0 Å². The fourth-order valence-corrected chi connectivity index (χ4v) is 2.58. The Hall–Kier alpha value is -2.63. The summed E-state index contributed by atoms with van der Waals surface area (Å²) in [6, 6.07) is 8.05. The molecule has 0 spiro atoms. The normalized spacial score (nSPS) is 12.5. The molecule has 22 heavy (non-hydrogen) atoms. The fourth-order valence-electron chi connectivity index (χ4n) is 2.58. The lowest BCUT2D eigenvalue weighted by Gasteiger charge is -2.11. The van der Waals surface area contributed by atoms with Gasteiger partial charge < -0.3 is 9.88 Å². The van der Waals surface area contributed by atoms with Crippen molar-refractivity contribution in [3.05, 3.63) is 42.6 Å². The van der Waals surface area contributed by atoms with Crippen LogP contribution in [0, 0.1) is 6.92 Å². The molecule has 0 saturated carbocycles. The predicted molar refractivity (Wildman–Crippen MR) is 85.6 cm³/mol. The van der Waals surface area contributed by atoms with Crippen molar-refractivity contribution in [2.24, 2.45) is 7.05 Å². The van der Waals surface area contributed by atoms with E-state index in [4.69, 9.17) is 0 Å². The molecule has 1 amide bonds. The van der Waals surface area contributed by atoms with Crippen LogP contribution in [0.15, 0.2) is 36.9 Å². The van der Waals surface area contributed by atoms with Gasteiger partial charge in [-0.3, -0.25) is 4.79 Å². The van der Waals surface area contributed by atoms with E-state index in [-0.39, 0.29) is 11.9 Å². The molecule has 6 heteroatoms.